The van der Waals surface area contributed by atoms with Crippen LogP contribution in [0, 0.1) is 35.0 Å². The van der Waals surface area contributed by atoms with Gasteiger partial charge in [-0.15, -0.1) is 11.6 Å². The number of piperidine rings is 1. The van der Waals surface area contributed by atoms with Gasteiger partial charge in [-0.05, 0) is 123 Å². The first-order valence-electron chi connectivity index (χ1n) is 20.6. The third-order valence-corrected chi connectivity index (χ3v) is 13.2. The molecule has 2 saturated carbocycles. The number of hydrogen-bond donors (Lipinski definition) is 4. The van der Waals surface area contributed by atoms with Gasteiger partial charge in [-0.1, -0.05) is 51.2 Å². The van der Waals surface area contributed by atoms with E-state index >= 15 is 0 Å². The number of fused-ring (bicyclic) bond motifs is 1. The SMILES string of the molecule is CCCC1=C(C(C)C(C)NC2CCC(NC3C(C#N)CNC4CC(OCC)C(NC(=O)CCCN(C)C)CC43)CC2Cl)CCC(CCC)CC1. The molecule has 0 bridgehead atoms. The van der Waals surface area contributed by atoms with Gasteiger partial charge in [0.15, 0.2) is 0 Å². The van der Waals surface area contributed by atoms with Crippen LogP contribution in [0.25, 0.3) is 0 Å². The Bertz CT molecular complexity index is 1110. The highest BCUT2D eigenvalue weighted by atomic mass is 35.5. The number of allylic oxidation sites excluding steroid dienone is 1. The minimum Gasteiger partial charge on any atom is -0.376 e. The lowest BCUT2D eigenvalue weighted by Crippen LogP contribution is -2.66. The van der Waals surface area contributed by atoms with E-state index in [1.165, 1.54) is 51.4 Å². The number of nitrogens with zero attached hydrogens (tertiary/aromatic N) is 2. The third kappa shape index (κ3) is 11.6. The van der Waals surface area contributed by atoms with Crippen molar-refractivity contribution in [2.45, 2.75) is 179 Å². The van der Waals surface area contributed by atoms with E-state index in [9.17, 15) is 10.1 Å². The molecule has 4 aliphatic rings. The second-order valence-electron chi connectivity index (χ2n) is 16.6. The van der Waals surface area contributed by atoms with Gasteiger partial charge in [0, 0.05) is 49.8 Å². The maximum Gasteiger partial charge on any atom is 0.220 e. The van der Waals surface area contributed by atoms with E-state index in [-0.39, 0.29) is 53.4 Å². The first-order chi connectivity index (χ1) is 24.1. The number of nitriles is 1. The molecule has 1 aliphatic heterocycles. The summed E-state index contributed by atoms with van der Waals surface area (Å²) in [4.78, 5) is 15.1. The van der Waals surface area contributed by atoms with Crippen molar-refractivity contribution in [2.75, 3.05) is 33.8 Å². The predicted molar refractivity (Wildman–Crippen MR) is 207 cm³/mol. The van der Waals surface area contributed by atoms with Gasteiger partial charge in [-0.2, -0.15) is 5.26 Å². The van der Waals surface area contributed by atoms with Crippen molar-refractivity contribution >= 4 is 17.5 Å². The number of halogens is 1. The minimum absolute atomic E-state index is 0.0199. The van der Waals surface area contributed by atoms with Crippen molar-refractivity contribution < 1.29 is 9.53 Å². The van der Waals surface area contributed by atoms with Crippen LogP contribution in [-0.2, 0) is 9.53 Å². The van der Waals surface area contributed by atoms with E-state index in [4.69, 9.17) is 16.3 Å². The summed E-state index contributed by atoms with van der Waals surface area (Å²) >= 11 is 7.23. The highest BCUT2D eigenvalue weighted by molar-refractivity contribution is 6.21. The van der Waals surface area contributed by atoms with Crippen LogP contribution < -0.4 is 21.3 Å². The Kier molecular flexibility index (Phi) is 17.3. The van der Waals surface area contributed by atoms with Crippen molar-refractivity contribution in [3.8, 4) is 6.07 Å². The summed E-state index contributed by atoms with van der Waals surface area (Å²) in [5.74, 6) is 1.62. The normalized spacial score (nSPS) is 34.8. The van der Waals surface area contributed by atoms with Crippen molar-refractivity contribution in [3.63, 3.8) is 0 Å². The summed E-state index contributed by atoms with van der Waals surface area (Å²) in [6.07, 6.45) is 16.4. The van der Waals surface area contributed by atoms with Crippen LogP contribution >= 0.6 is 11.6 Å². The van der Waals surface area contributed by atoms with E-state index in [0.29, 0.717) is 37.6 Å². The molecule has 0 aromatic heterocycles. The predicted octanol–water partition coefficient (Wildman–Crippen LogP) is 6.93. The monoisotopic (exact) mass is 717 g/mol. The first kappa shape index (κ1) is 41.5. The van der Waals surface area contributed by atoms with Crippen LogP contribution in [0.3, 0.4) is 0 Å². The Morgan fingerprint density at radius 3 is 2.52 bits per heavy atom. The maximum atomic E-state index is 13.0. The quantitative estimate of drug-likeness (QED) is 0.0957. The molecule has 50 heavy (non-hydrogen) atoms. The van der Waals surface area contributed by atoms with Gasteiger partial charge in [0.25, 0.3) is 0 Å². The number of alkyl halides is 1. The molecule has 4 rings (SSSR count). The highest BCUT2D eigenvalue weighted by Gasteiger charge is 2.47. The van der Waals surface area contributed by atoms with Gasteiger partial charge in [-0.3, -0.25) is 4.79 Å². The Hall–Kier alpha value is -1.21. The summed E-state index contributed by atoms with van der Waals surface area (Å²) < 4.78 is 6.20. The van der Waals surface area contributed by atoms with Crippen LogP contribution in [-0.4, -0.2) is 92.3 Å². The molecule has 12 unspecified atom stereocenters. The Morgan fingerprint density at radius 2 is 1.84 bits per heavy atom. The first-order valence-corrected chi connectivity index (χ1v) is 21.1. The number of carbonyl (C=O) groups excluding carboxylic acids is 1. The largest absolute Gasteiger partial charge is 0.376 e. The smallest absolute Gasteiger partial charge is 0.220 e. The average Bonchev–Trinajstić information content (AvgIpc) is 3.28. The number of nitrogens with one attached hydrogen (secondary N) is 4. The molecule has 1 amide bonds. The fraction of sp³-hybridized carbons (Fsp3) is 0.902. The molecule has 286 valence electrons. The highest BCUT2D eigenvalue weighted by Crippen LogP contribution is 2.39. The second-order valence-corrected chi connectivity index (χ2v) is 17.2. The van der Waals surface area contributed by atoms with Gasteiger partial charge >= 0.3 is 0 Å². The molecule has 3 fully saturated rings. The number of carbonyl (C=O) groups is 1. The number of amides is 1. The summed E-state index contributed by atoms with van der Waals surface area (Å²) in [7, 11) is 4.08. The molecule has 12 atom stereocenters. The number of rotatable bonds is 17. The molecule has 0 spiro atoms. The van der Waals surface area contributed by atoms with Crippen LogP contribution in [0.2, 0.25) is 0 Å². The van der Waals surface area contributed by atoms with Gasteiger partial charge in [0.05, 0.1) is 29.5 Å². The van der Waals surface area contributed by atoms with Crippen molar-refractivity contribution in [1.29, 1.82) is 5.26 Å². The van der Waals surface area contributed by atoms with Crippen molar-refractivity contribution in [3.05, 3.63) is 11.1 Å². The van der Waals surface area contributed by atoms with E-state index in [2.05, 4.69) is 59.9 Å². The van der Waals surface area contributed by atoms with Crippen molar-refractivity contribution in [2.24, 2.45) is 23.7 Å². The summed E-state index contributed by atoms with van der Waals surface area (Å²) in [5.41, 5.74) is 3.48. The molecular weight excluding hydrogens is 644 g/mol. The maximum absolute atomic E-state index is 13.0. The van der Waals surface area contributed by atoms with E-state index in [1.54, 1.807) is 11.1 Å². The molecule has 4 N–H and O–H groups in total. The molecule has 0 radical (unpaired) electrons. The molecule has 9 heteroatoms. The summed E-state index contributed by atoms with van der Waals surface area (Å²) in [5, 5.41) is 25.4. The zero-order valence-corrected chi connectivity index (χ0v) is 33.5. The lowest BCUT2D eigenvalue weighted by atomic mass is 9.69. The van der Waals surface area contributed by atoms with Crippen LogP contribution in [0.4, 0.5) is 0 Å². The zero-order valence-electron chi connectivity index (χ0n) is 32.7. The standard InChI is InChI=1S/C41H73ClN6O2/c1-8-12-29-15-17-30(13-9-2)33(19-16-29)27(4)28(5)45-36-20-18-32(22-35(36)42)46-41-31(25-43)26-44-37-24-39(50-10-3)38(23-34(37)41)47-40(49)14-11-21-48(6)7/h27-29,31-32,34-39,41,44-46H,8-24,26H2,1-7H3,(H,47,49). The number of hydrogen-bond acceptors (Lipinski definition) is 7. The average molecular weight is 718 g/mol. The van der Waals surface area contributed by atoms with E-state index < -0.39 is 0 Å². The molecule has 1 saturated heterocycles. The molecular formula is C41H73ClN6O2. The van der Waals surface area contributed by atoms with Crippen LogP contribution in [0.15, 0.2) is 11.1 Å². The molecule has 8 nitrogen and oxygen atoms in total. The topological polar surface area (TPSA) is 101 Å². The zero-order chi connectivity index (χ0) is 36.2. The second kappa shape index (κ2) is 20.9. The fourth-order valence-corrected chi connectivity index (χ4v) is 10.3. The van der Waals surface area contributed by atoms with Gasteiger partial charge in [0.2, 0.25) is 5.91 Å². The third-order valence-electron chi connectivity index (χ3n) is 12.7. The lowest BCUT2D eigenvalue weighted by Gasteiger charge is -2.50. The van der Waals surface area contributed by atoms with Gasteiger partial charge in [-0.25, -0.2) is 0 Å². The van der Waals surface area contributed by atoms with Gasteiger partial charge < -0.3 is 30.9 Å². The molecule has 1 heterocycles. The van der Waals surface area contributed by atoms with Crippen LogP contribution in [0.1, 0.15) is 131 Å². The fourth-order valence-electron chi connectivity index (χ4n) is 9.85. The molecule has 3 aliphatic carbocycles. The molecule has 0 aromatic rings. The van der Waals surface area contributed by atoms with E-state index in [1.807, 2.05) is 21.0 Å². The summed E-state index contributed by atoms with van der Waals surface area (Å²) in [6.45, 7) is 13.7. The Morgan fingerprint density at radius 1 is 1.06 bits per heavy atom. The van der Waals surface area contributed by atoms with E-state index in [0.717, 1.165) is 51.0 Å². The molecule has 0 aromatic carbocycles. The van der Waals surface area contributed by atoms with Gasteiger partial charge in [0.1, 0.15) is 0 Å². The minimum atomic E-state index is -0.121. The Balaban J connectivity index is 1.36. The Labute approximate surface area is 311 Å². The van der Waals surface area contributed by atoms with Crippen molar-refractivity contribution in [1.82, 2.24) is 26.2 Å². The van der Waals surface area contributed by atoms with Crippen LogP contribution in [0.5, 0.6) is 0 Å². The summed E-state index contributed by atoms with van der Waals surface area (Å²) in [6, 6.07) is 3.87. The lowest BCUT2D eigenvalue weighted by molar-refractivity contribution is -0.124. The number of ether oxygens (including phenoxy) is 1.